The average Bonchev–Trinajstić information content (AvgIpc) is 2.16. The van der Waals surface area contributed by atoms with Gasteiger partial charge in [0.2, 0.25) is 0 Å². The van der Waals surface area contributed by atoms with Gasteiger partial charge in [-0.3, -0.25) is 4.79 Å². The molecular weight excluding hydrogens is 192 g/mol. The fourth-order valence-electron chi connectivity index (χ4n) is 1.77. The Morgan fingerprint density at radius 1 is 1.40 bits per heavy atom. The van der Waals surface area contributed by atoms with Gasteiger partial charge in [-0.2, -0.15) is 0 Å². The van der Waals surface area contributed by atoms with Crippen molar-refractivity contribution in [3.63, 3.8) is 0 Å². The highest BCUT2D eigenvalue weighted by atomic mass is 16.5. The molecule has 1 rings (SSSR count). The van der Waals surface area contributed by atoms with Crippen LogP contribution in [0.25, 0.3) is 0 Å². The van der Waals surface area contributed by atoms with E-state index in [2.05, 4.69) is 13.8 Å². The summed E-state index contributed by atoms with van der Waals surface area (Å²) in [4.78, 5) is 10.6. The molecule has 1 aliphatic carbocycles. The van der Waals surface area contributed by atoms with Crippen LogP contribution in [0.1, 0.15) is 46.5 Å². The van der Waals surface area contributed by atoms with Crippen molar-refractivity contribution in [1.82, 2.24) is 0 Å². The standard InChI is InChI=1S/C12H20O3/c1-9(2)15-12-6-4-11(5-7-12)8-14-10(3)13/h8-9,12H,4-7H2,1-3H3. The molecule has 0 aromatic carbocycles. The summed E-state index contributed by atoms with van der Waals surface area (Å²) in [5, 5.41) is 0. The molecule has 0 heterocycles. The van der Waals surface area contributed by atoms with Gasteiger partial charge in [0, 0.05) is 6.92 Å². The molecule has 0 bridgehead atoms. The first-order chi connectivity index (χ1) is 7.08. The fourth-order valence-corrected chi connectivity index (χ4v) is 1.77. The number of carbonyl (C=O) groups is 1. The molecule has 0 radical (unpaired) electrons. The van der Waals surface area contributed by atoms with Crippen molar-refractivity contribution >= 4 is 5.97 Å². The minimum Gasteiger partial charge on any atom is -0.435 e. The molecule has 0 N–H and O–H groups in total. The number of allylic oxidation sites excluding steroid dienone is 1. The molecule has 0 aromatic heterocycles. The van der Waals surface area contributed by atoms with Gasteiger partial charge in [0.25, 0.3) is 0 Å². The Bertz CT molecular complexity index is 233. The lowest BCUT2D eigenvalue weighted by Crippen LogP contribution is -2.21. The van der Waals surface area contributed by atoms with Gasteiger partial charge in [-0.25, -0.2) is 0 Å². The normalized spacial score (nSPS) is 21.6. The van der Waals surface area contributed by atoms with Crippen LogP contribution in [0, 0.1) is 0 Å². The van der Waals surface area contributed by atoms with Crippen molar-refractivity contribution in [3.05, 3.63) is 11.8 Å². The fraction of sp³-hybridized carbons (Fsp3) is 0.750. The summed E-state index contributed by atoms with van der Waals surface area (Å²) in [6.07, 6.45) is 6.30. The van der Waals surface area contributed by atoms with Crippen LogP contribution in [-0.4, -0.2) is 18.2 Å². The summed E-state index contributed by atoms with van der Waals surface area (Å²) in [6, 6.07) is 0. The number of carbonyl (C=O) groups excluding carboxylic acids is 1. The second-order valence-electron chi connectivity index (χ2n) is 4.27. The molecular formula is C12H20O3. The van der Waals surface area contributed by atoms with Crippen molar-refractivity contribution in [1.29, 1.82) is 0 Å². The molecule has 3 nitrogen and oxygen atoms in total. The van der Waals surface area contributed by atoms with Crippen LogP contribution < -0.4 is 0 Å². The monoisotopic (exact) mass is 212 g/mol. The van der Waals surface area contributed by atoms with Gasteiger partial charge in [-0.15, -0.1) is 0 Å². The summed E-state index contributed by atoms with van der Waals surface area (Å²) in [7, 11) is 0. The van der Waals surface area contributed by atoms with Gasteiger partial charge in [0.15, 0.2) is 0 Å². The molecule has 0 unspecified atom stereocenters. The Morgan fingerprint density at radius 2 is 2.00 bits per heavy atom. The average molecular weight is 212 g/mol. The molecule has 0 atom stereocenters. The van der Waals surface area contributed by atoms with Crippen LogP contribution in [-0.2, 0) is 14.3 Å². The number of rotatable bonds is 3. The van der Waals surface area contributed by atoms with Crippen LogP contribution in [0.4, 0.5) is 0 Å². The van der Waals surface area contributed by atoms with Crippen molar-refractivity contribution in [2.45, 2.75) is 58.7 Å². The van der Waals surface area contributed by atoms with Crippen molar-refractivity contribution in [2.24, 2.45) is 0 Å². The Kier molecular flexibility index (Phi) is 4.82. The first kappa shape index (κ1) is 12.2. The third kappa shape index (κ3) is 4.98. The van der Waals surface area contributed by atoms with Gasteiger partial charge in [0.1, 0.15) is 0 Å². The zero-order valence-electron chi connectivity index (χ0n) is 9.79. The zero-order chi connectivity index (χ0) is 11.3. The van der Waals surface area contributed by atoms with Gasteiger partial charge in [0.05, 0.1) is 18.5 Å². The van der Waals surface area contributed by atoms with E-state index < -0.39 is 0 Å². The maximum absolute atomic E-state index is 10.6. The van der Waals surface area contributed by atoms with Crippen molar-refractivity contribution in [3.8, 4) is 0 Å². The lowest BCUT2D eigenvalue weighted by molar-refractivity contribution is -0.135. The number of ether oxygens (including phenoxy) is 2. The topological polar surface area (TPSA) is 35.5 Å². The Balaban J connectivity index is 2.29. The Labute approximate surface area is 91.4 Å². The largest absolute Gasteiger partial charge is 0.435 e. The molecule has 1 fully saturated rings. The predicted octanol–water partition coefficient (Wildman–Crippen LogP) is 2.80. The number of hydrogen-bond acceptors (Lipinski definition) is 3. The molecule has 0 amide bonds. The first-order valence-electron chi connectivity index (χ1n) is 5.58. The van der Waals surface area contributed by atoms with E-state index >= 15 is 0 Å². The molecule has 1 saturated carbocycles. The van der Waals surface area contributed by atoms with Crippen LogP contribution >= 0.6 is 0 Å². The second-order valence-corrected chi connectivity index (χ2v) is 4.27. The van der Waals surface area contributed by atoms with E-state index in [4.69, 9.17) is 9.47 Å². The van der Waals surface area contributed by atoms with Crippen molar-refractivity contribution in [2.75, 3.05) is 0 Å². The zero-order valence-corrected chi connectivity index (χ0v) is 9.79. The lowest BCUT2D eigenvalue weighted by atomic mass is 9.93. The smallest absolute Gasteiger partial charge is 0.307 e. The minimum absolute atomic E-state index is 0.247. The molecule has 3 heteroatoms. The van der Waals surface area contributed by atoms with Gasteiger partial charge < -0.3 is 9.47 Å². The summed E-state index contributed by atoms with van der Waals surface area (Å²) < 4.78 is 10.6. The van der Waals surface area contributed by atoms with E-state index in [9.17, 15) is 4.79 Å². The van der Waals surface area contributed by atoms with E-state index in [0.29, 0.717) is 12.2 Å². The summed E-state index contributed by atoms with van der Waals surface area (Å²) in [5.74, 6) is -0.247. The summed E-state index contributed by atoms with van der Waals surface area (Å²) in [6.45, 7) is 5.54. The van der Waals surface area contributed by atoms with Crippen LogP contribution in [0.5, 0.6) is 0 Å². The second kappa shape index (κ2) is 5.91. The van der Waals surface area contributed by atoms with E-state index in [-0.39, 0.29) is 5.97 Å². The molecule has 0 aliphatic heterocycles. The highest BCUT2D eigenvalue weighted by Crippen LogP contribution is 2.26. The number of esters is 1. The quantitative estimate of drug-likeness (QED) is 0.533. The SMILES string of the molecule is CC(=O)OC=C1CCC(OC(C)C)CC1. The maximum atomic E-state index is 10.6. The van der Waals surface area contributed by atoms with Crippen LogP contribution in [0.3, 0.4) is 0 Å². The maximum Gasteiger partial charge on any atom is 0.307 e. The molecule has 1 aliphatic rings. The summed E-state index contributed by atoms with van der Waals surface area (Å²) in [5.41, 5.74) is 1.22. The Hall–Kier alpha value is -0.830. The molecule has 15 heavy (non-hydrogen) atoms. The highest BCUT2D eigenvalue weighted by Gasteiger charge is 2.18. The van der Waals surface area contributed by atoms with E-state index in [0.717, 1.165) is 25.7 Å². The third-order valence-electron chi connectivity index (χ3n) is 2.43. The highest BCUT2D eigenvalue weighted by molar-refractivity contribution is 5.66. The van der Waals surface area contributed by atoms with Gasteiger partial charge >= 0.3 is 5.97 Å². The molecule has 0 aromatic rings. The van der Waals surface area contributed by atoms with E-state index in [1.165, 1.54) is 12.5 Å². The van der Waals surface area contributed by atoms with Crippen LogP contribution in [0.15, 0.2) is 11.8 Å². The molecule has 0 saturated heterocycles. The molecule has 86 valence electrons. The van der Waals surface area contributed by atoms with E-state index in [1.807, 2.05) is 0 Å². The number of hydrogen-bond donors (Lipinski definition) is 0. The van der Waals surface area contributed by atoms with Gasteiger partial charge in [-0.1, -0.05) is 0 Å². The van der Waals surface area contributed by atoms with Crippen molar-refractivity contribution < 1.29 is 14.3 Å². The first-order valence-corrected chi connectivity index (χ1v) is 5.58. The summed E-state index contributed by atoms with van der Waals surface area (Å²) >= 11 is 0. The minimum atomic E-state index is -0.247. The predicted molar refractivity (Wildman–Crippen MR) is 58.3 cm³/mol. The Morgan fingerprint density at radius 3 is 2.47 bits per heavy atom. The molecule has 0 spiro atoms. The third-order valence-corrected chi connectivity index (χ3v) is 2.43. The van der Waals surface area contributed by atoms with Crippen LogP contribution in [0.2, 0.25) is 0 Å². The van der Waals surface area contributed by atoms with E-state index in [1.54, 1.807) is 6.26 Å². The lowest BCUT2D eigenvalue weighted by Gasteiger charge is -2.25. The van der Waals surface area contributed by atoms with Gasteiger partial charge in [-0.05, 0) is 45.1 Å².